The van der Waals surface area contributed by atoms with Crippen LogP contribution in [0, 0.1) is 0 Å². The molecule has 2 fully saturated rings. The van der Waals surface area contributed by atoms with E-state index < -0.39 is 0 Å². The van der Waals surface area contributed by atoms with E-state index in [1.54, 1.807) is 6.20 Å². The Bertz CT molecular complexity index is 413. The fourth-order valence-electron chi connectivity index (χ4n) is 2.75. The maximum Gasteiger partial charge on any atom is 0.140 e. The molecule has 0 saturated carbocycles. The Kier molecular flexibility index (Phi) is 4.71. The molecule has 1 aromatic rings. The smallest absolute Gasteiger partial charge is 0.140 e. The molecule has 1 N–H and O–H groups in total. The van der Waals surface area contributed by atoms with Crippen LogP contribution in [0.4, 0.5) is 5.69 Å². The second-order valence-corrected chi connectivity index (χ2v) is 5.43. The lowest BCUT2D eigenvalue weighted by molar-refractivity contribution is 0.00730. The molecule has 5 nitrogen and oxygen atoms in total. The van der Waals surface area contributed by atoms with Crippen molar-refractivity contribution in [2.45, 2.75) is 25.4 Å². The van der Waals surface area contributed by atoms with Crippen molar-refractivity contribution in [2.24, 2.45) is 0 Å². The number of nitrogens with zero attached hydrogens (tertiary/aromatic N) is 2. The predicted octanol–water partition coefficient (Wildman–Crippen LogP) is 1.44. The van der Waals surface area contributed by atoms with Crippen LogP contribution in [0.15, 0.2) is 18.5 Å². The van der Waals surface area contributed by atoms with E-state index in [1.807, 2.05) is 6.20 Å². The fourth-order valence-corrected chi connectivity index (χ4v) is 2.75. The van der Waals surface area contributed by atoms with Gasteiger partial charge in [0.05, 0.1) is 24.7 Å². The SMILES string of the molecule is c1ncc(N2CCCNCC2)cc1OC1CCCOC1. The Hall–Kier alpha value is -1.33. The fraction of sp³-hybridized carbons (Fsp3) is 0.667. The van der Waals surface area contributed by atoms with Gasteiger partial charge in [-0.2, -0.15) is 0 Å². The summed E-state index contributed by atoms with van der Waals surface area (Å²) in [5.41, 5.74) is 1.16. The first kappa shape index (κ1) is 13.6. The lowest BCUT2D eigenvalue weighted by atomic mass is 10.2. The topological polar surface area (TPSA) is 46.6 Å². The summed E-state index contributed by atoms with van der Waals surface area (Å²) in [6, 6.07) is 2.10. The van der Waals surface area contributed by atoms with Crippen molar-refractivity contribution >= 4 is 5.69 Å². The zero-order chi connectivity index (χ0) is 13.6. The summed E-state index contributed by atoms with van der Waals surface area (Å²) in [7, 11) is 0. The van der Waals surface area contributed by atoms with Crippen LogP contribution in [0.2, 0.25) is 0 Å². The predicted molar refractivity (Wildman–Crippen MR) is 78.4 cm³/mol. The summed E-state index contributed by atoms with van der Waals surface area (Å²) in [6.45, 7) is 5.78. The summed E-state index contributed by atoms with van der Waals surface area (Å²) in [4.78, 5) is 6.70. The maximum atomic E-state index is 5.99. The molecule has 3 heterocycles. The van der Waals surface area contributed by atoms with Crippen LogP contribution in [-0.2, 0) is 4.74 Å². The molecule has 1 aromatic heterocycles. The Morgan fingerprint density at radius 2 is 2.25 bits per heavy atom. The average Bonchev–Trinajstić information content (AvgIpc) is 2.78. The molecule has 0 bridgehead atoms. The second-order valence-electron chi connectivity index (χ2n) is 5.43. The number of pyridine rings is 1. The largest absolute Gasteiger partial charge is 0.486 e. The molecule has 2 aliphatic heterocycles. The molecule has 2 saturated heterocycles. The van der Waals surface area contributed by atoms with Crippen LogP contribution >= 0.6 is 0 Å². The number of nitrogens with one attached hydrogen (secondary N) is 1. The number of aromatic nitrogens is 1. The van der Waals surface area contributed by atoms with Crippen LogP contribution in [-0.4, -0.2) is 50.5 Å². The molecule has 0 amide bonds. The van der Waals surface area contributed by atoms with E-state index in [-0.39, 0.29) is 6.10 Å². The van der Waals surface area contributed by atoms with Crippen LogP contribution in [0.1, 0.15) is 19.3 Å². The van der Waals surface area contributed by atoms with E-state index in [0.29, 0.717) is 6.61 Å². The standard InChI is InChI=1S/C15H23N3O2/c1-3-14(12-19-8-1)20-15-9-13(10-17-11-15)18-6-2-4-16-5-7-18/h9-11,14,16H,1-8,12H2. The van der Waals surface area contributed by atoms with Gasteiger partial charge in [0.25, 0.3) is 0 Å². The molecular formula is C15H23N3O2. The van der Waals surface area contributed by atoms with Gasteiger partial charge in [0.2, 0.25) is 0 Å². The monoisotopic (exact) mass is 277 g/mol. The number of anilines is 1. The third-order valence-corrected chi connectivity index (χ3v) is 3.83. The van der Waals surface area contributed by atoms with Crippen molar-refractivity contribution in [3.8, 4) is 5.75 Å². The first-order valence-electron chi connectivity index (χ1n) is 7.57. The van der Waals surface area contributed by atoms with Crippen LogP contribution in [0.25, 0.3) is 0 Å². The highest BCUT2D eigenvalue weighted by molar-refractivity contribution is 5.48. The van der Waals surface area contributed by atoms with Gasteiger partial charge in [-0.05, 0) is 25.8 Å². The third-order valence-electron chi connectivity index (χ3n) is 3.83. The van der Waals surface area contributed by atoms with Crippen LogP contribution < -0.4 is 15.0 Å². The number of hydrogen-bond donors (Lipinski definition) is 1. The molecule has 1 unspecified atom stereocenters. The van der Waals surface area contributed by atoms with Crippen molar-refractivity contribution in [1.82, 2.24) is 10.3 Å². The van der Waals surface area contributed by atoms with Gasteiger partial charge in [0.15, 0.2) is 0 Å². The lowest BCUT2D eigenvalue weighted by Gasteiger charge is -2.25. The molecule has 0 aromatic carbocycles. The minimum atomic E-state index is 0.173. The normalized spacial score (nSPS) is 24.2. The number of hydrogen-bond acceptors (Lipinski definition) is 5. The number of ether oxygens (including phenoxy) is 2. The summed E-state index contributed by atoms with van der Waals surface area (Å²) in [5.74, 6) is 0.857. The zero-order valence-corrected chi connectivity index (χ0v) is 11.9. The van der Waals surface area contributed by atoms with E-state index in [1.165, 1.54) is 6.42 Å². The summed E-state index contributed by atoms with van der Waals surface area (Å²) in [5, 5.41) is 3.42. The van der Waals surface area contributed by atoms with E-state index in [9.17, 15) is 0 Å². The van der Waals surface area contributed by atoms with Crippen molar-refractivity contribution in [3.05, 3.63) is 18.5 Å². The molecule has 5 heteroatoms. The second kappa shape index (κ2) is 6.90. The molecule has 1 atom stereocenters. The van der Waals surface area contributed by atoms with Crippen molar-refractivity contribution < 1.29 is 9.47 Å². The molecule has 0 spiro atoms. The Morgan fingerprint density at radius 3 is 3.15 bits per heavy atom. The molecule has 3 rings (SSSR count). The van der Waals surface area contributed by atoms with Gasteiger partial charge in [0, 0.05) is 32.3 Å². The number of rotatable bonds is 3. The van der Waals surface area contributed by atoms with E-state index >= 15 is 0 Å². The first-order valence-corrected chi connectivity index (χ1v) is 7.57. The highest BCUT2D eigenvalue weighted by Crippen LogP contribution is 2.22. The molecule has 2 aliphatic rings. The van der Waals surface area contributed by atoms with E-state index in [2.05, 4.69) is 21.3 Å². The quantitative estimate of drug-likeness (QED) is 0.906. The summed E-state index contributed by atoms with van der Waals surface area (Å²) >= 11 is 0. The first-order chi connectivity index (χ1) is 9.92. The highest BCUT2D eigenvalue weighted by Gasteiger charge is 2.16. The zero-order valence-electron chi connectivity index (χ0n) is 11.9. The van der Waals surface area contributed by atoms with Gasteiger partial charge in [0.1, 0.15) is 11.9 Å². The maximum absolute atomic E-state index is 5.99. The molecular weight excluding hydrogens is 254 g/mol. The molecule has 110 valence electrons. The van der Waals surface area contributed by atoms with Gasteiger partial charge in [-0.1, -0.05) is 0 Å². The minimum Gasteiger partial charge on any atom is -0.486 e. The summed E-state index contributed by atoms with van der Waals surface area (Å²) in [6.07, 6.45) is 7.21. The Balaban J connectivity index is 1.65. The Morgan fingerprint density at radius 1 is 1.25 bits per heavy atom. The minimum absolute atomic E-state index is 0.173. The van der Waals surface area contributed by atoms with Crippen LogP contribution in [0.3, 0.4) is 0 Å². The van der Waals surface area contributed by atoms with E-state index in [4.69, 9.17) is 9.47 Å². The molecule has 20 heavy (non-hydrogen) atoms. The Labute approximate surface area is 120 Å². The van der Waals surface area contributed by atoms with E-state index in [0.717, 1.165) is 57.1 Å². The van der Waals surface area contributed by atoms with Crippen LogP contribution in [0.5, 0.6) is 5.75 Å². The molecule has 0 aliphatic carbocycles. The van der Waals surface area contributed by atoms with Gasteiger partial charge < -0.3 is 19.7 Å². The molecule has 0 radical (unpaired) electrons. The van der Waals surface area contributed by atoms with Gasteiger partial charge in [-0.25, -0.2) is 0 Å². The van der Waals surface area contributed by atoms with Crippen molar-refractivity contribution in [3.63, 3.8) is 0 Å². The van der Waals surface area contributed by atoms with Crippen molar-refractivity contribution in [2.75, 3.05) is 44.3 Å². The third kappa shape index (κ3) is 3.61. The highest BCUT2D eigenvalue weighted by atomic mass is 16.5. The van der Waals surface area contributed by atoms with Crippen molar-refractivity contribution in [1.29, 1.82) is 0 Å². The lowest BCUT2D eigenvalue weighted by Crippen LogP contribution is -2.29. The van der Waals surface area contributed by atoms with Gasteiger partial charge in [-0.15, -0.1) is 0 Å². The summed E-state index contributed by atoms with van der Waals surface area (Å²) < 4.78 is 11.4. The van der Waals surface area contributed by atoms with Gasteiger partial charge >= 0.3 is 0 Å². The average molecular weight is 277 g/mol. The van der Waals surface area contributed by atoms with Gasteiger partial charge in [-0.3, -0.25) is 4.98 Å².